The van der Waals surface area contributed by atoms with Crippen LogP contribution in [0.5, 0.6) is 0 Å². The van der Waals surface area contributed by atoms with Crippen molar-refractivity contribution in [2.24, 2.45) is 0 Å². The molecule has 0 atom stereocenters. The summed E-state index contributed by atoms with van der Waals surface area (Å²) in [5.74, 6) is -0.596. The Morgan fingerprint density at radius 2 is 2.00 bits per heavy atom. The molecule has 2 aliphatic heterocycles. The van der Waals surface area contributed by atoms with Crippen molar-refractivity contribution in [3.63, 3.8) is 0 Å². The molecule has 2 saturated heterocycles. The summed E-state index contributed by atoms with van der Waals surface area (Å²) in [6.07, 6.45) is 3.57. The summed E-state index contributed by atoms with van der Waals surface area (Å²) in [5.41, 5.74) is 0.744. The van der Waals surface area contributed by atoms with E-state index in [9.17, 15) is 14.4 Å². The zero-order valence-corrected chi connectivity index (χ0v) is 13.9. The standard InChI is InChI=1S/C16H15ClN2O3S/c17-12-5-3-4-11(8-12)9-13-15(21)19(16(22)23-13)10-14(20)18-6-1-2-7-18/h3-5,8-9H,1-2,6-7,10H2/b13-9-. The molecule has 5 nitrogen and oxygen atoms in total. The van der Waals surface area contributed by atoms with Crippen molar-refractivity contribution in [1.82, 2.24) is 9.80 Å². The summed E-state index contributed by atoms with van der Waals surface area (Å²) >= 11 is 6.77. The Morgan fingerprint density at radius 1 is 1.26 bits per heavy atom. The summed E-state index contributed by atoms with van der Waals surface area (Å²) in [6.45, 7) is 1.22. The fourth-order valence-corrected chi connectivity index (χ4v) is 3.62. The van der Waals surface area contributed by atoms with Crippen LogP contribution in [0.25, 0.3) is 6.08 Å². The number of carbonyl (C=O) groups excluding carboxylic acids is 3. The molecule has 2 fully saturated rings. The number of nitrogens with zero attached hydrogens (tertiary/aromatic N) is 2. The largest absolute Gasteiger partial charge is 0.341 e. The lowest BCUT2D eigenvalue weighted by Crippen LogP contribution is -2.40. The summed E-state index contributed by atoms with van der Waals surface area (Å²) in [4.78, 5) is 39.6. The molecule has 23 heavy (non-hydrogen) atoms. The van der Waals surface area contributed by atoms with Crippen LogP contribution < -0.4 is 0 Å². The van der Waals surface area contributed by atoms with Gasteiger partial charge in [-0.05, 0) is 48.4 Å². The average Bonchev–Trinajstić information content (AvgIpc) is 3.12. The first-order valence-corrected chi connectivity index (χ1v) is 8.53. The monoisotopic (exact) mass is 350 g/mol. The zero-order valence-electron chi connectivity index (χ0n) is 12.3. The molecule has 2 aliphatic rings. The van der Waals surface area contributed by atoms with Crippen LogP contribution in [-0.2, 0) is 9.59 Å². The maximum atomic E-state index is 12.4. The third-order valence-corrected chi connectivity index (χ3v) is 4.91. The Bertz CT molecular complexity index is 698. The van der Waals surface area contributed by atoms with E-state index in [1.807, 2.05) is 0 Å². The second-order valence-corrected chi connectivity index (χ2v) is 6.84. The second-order valence-electron chi connectivity index (χ2n) is 5.41. The van der Waals surface area contributed by atoms with Gasteiger partial charge in [0.25, 0.3) is 11.1 Å². The van der Waals surface area contributed by atoms with Gasteiger partial charge in [-0.15, -0.1) is 0 Å². The molecule has 0 N–H and O–H groups in total. The summed E-state index contributed by atoms with van der Waals surface area (Å²) in [5, 5.41) is 0.151. The Kier molecular flexibility index (Phi) is 4.73. The topological polar surface area (TPSA) is 57.7 Å². The lowest BCUT2D eigenvalue weighted by atomic mass is 10.2. The van der Waals surface area contributed by atoms with Crippen molar-refractivity contribution in [3.8, 4) is 0 Å². The number of hydrogen-bond donors (Lipinski definition) is 0. The number of amides is 3. The highest BCUT2D eigenvalue weighted by molar-refractivity contribution is 8.18. The minimum atomic E-state index is -0.424. The summed E-state index contributed by atoms with van der Waals surface area (Å²) < 4.78 is 0. The van der Waals surface area contributed by atoms with Gasteiger partial charge in [-0.3, -0.25) is 19.3 Å². The van der Waals surface area contributed by atoms with Crippen molar-refractivity contribution >= 4 is 46.5 Å². The van der Waals surface area contributed by atoms with Crippen molar-refractivity contribution in [3.05, 3.63) is 39.8 Å². The average molecular weight is 351 g/mol. The first-order chi connectivity index (χ1) is 11.0. The molecule has 0 unspecified atom stereocenters. The van der Waals surface area contributed by atoms with Gasteiger partial charge in [0.15, 0.2) is 0 Å². The number of halogens is 1. The molecule has 120 valence electrons. The van der Waals surface area contributed by atoms with Crippen LogP contribution in [0.2, 0.25) is 5.02 Å². The second kappa shape index (κ2) is 6.76. The number of carbonyl (C=O) groups is 3. The molecule has 0 spiro atoms. The van der Waals surface area contributed by atoms with Crippen LogP contribution >= 0.6 is 23.4 Å². The lowest BCUT2D eigenvalue weighted by Gasteiger charge is -2.18. The van der Waals surface area contributed by atoms with Crippen LogP contribution in [-0.4, -0.2) is 46.5 Å². The van der Waals surface area contributed by atoms with Crippen LogP contribution in [0.1, 0.15) is 18.4 Å². The van der Waals surface area contributed by atoms with Gasteiger partial charge < -0.3 is 4.90 Å². The van der Waals surface area contributed by atoms with E-state index in [2.05, 4.69) is 0 Å². The molecule has 1 aromatic rings. The third-order valence-electron chi connectivity index (χ3n) is 3.77. The van der Waals surface area contributed by atoms with E-state index >= 15 is 0 Å². The molecular weight excluding hydrogens is 336 g/mol. The van der Waals surface area contributed by atoms with Crippen LogP contribution in [0.4, 0.5) is 4.79 Å². The SMILES string of the molecule is O=C(CN1C(=O)S/C(=C\c2cccc(Cl)c2)C1=O)N1CCCC1. The number of benzene rings is 1. The Morgan fingerprint density at radius 3 is 2.70 bits per heavy atom. The molecule has 1 aromatic carbocycles. The van der Waals surface area contributed by atoms with Crippen molar-refractivity contribution in [2.45, 2.75) is 12.8 Å². The zero-order chi connectivity index (χ0) is 16.4. The highest BCUT2D eigenvalue weighted by atomic mass is 35.5. The number of likely N-dealkylation sites (tertiary alicyclic amines) is 1. The molecule has 7 heteroatoms. The molecule has 0 aliphatic carbocycles. The van der Waals surface area contributed by atoms with Gasteiger partial charge in [0.1, 0.15) is 6.54 Å². The molecule has 0 bridgehead atoms. The van der Waals surface area contributed by atoms with Gasteiger partial charge in [0, 0.05) is 18.1 Å². The lowest BCUT2D eigenvalue weighted by molar-refractivity contribution is -0.135. The first kappa shape index (κ1) is 16.1. The van der Waals surface area contributed by atoms with Crippen molar-refractivity contribution in [1.29, 1.82) is 0 Å². The maximum absolute atomic E-state index is 12.4. The number of hydrogen-bond acceptors (Lipinski definition) is 4. The number of imide groups is 1. The summed E-state index contributed by atoms with van der Waals surface area (Å²) in [6, 6.07) is 7.02. The molecule has 0 saturated carbocycles. The van der Waals surface area contributed by atoms with E-state index in [0.717, 1.165) is 35.1 Å². The van der Waals surface area contributed by atoms with Gasteiger partial charge >= 0.3 is 0 Å². The molecule has 0 radical (unpaired) electrons. The van der Waals surface area contributed by atoms with E-state index in [0.29, 0.717) is 23.0 Å². The Balaban J connectivity index is 1.73. The van der Waals surface area contributed by atoms with Crippen molar-refractivity contribution in [2.75, 3.05) is 19.6 Å². The van der Waals surface area contributed by atoms with Crippen molar-refractivity contribution < 1.29 is 14.4 Å². The van der Waals surface area contributed by atoms with Gasteiger partial charge in [0.05, 0.1) is 4.91 Å². The highest BCUT2D eigenvalue weighted by Gasteiger charge is 2.37. The van der Waals surface area contributed by atoms with E-state index in [1.165, 1.54) is 0 Å². The van der Waals surface area contributed by atoms with Gasteiger partial charge in [-0.2, -0.15) is 0 Å². The fraction of sp³-hybridized carbons (Fsp3) is 0.312. The van der Waals surface area contributed by atoms with E-state index in [1.54, 1.807) is 35.2 Å². The Labute approximate surface area is 143 Å². The minimum Gasteiger partial charge on any atom is -0.341 e. The van der Waals surface area contributed by atoms with E-state index in [-0.39, 0.29) is 12.5 Å². The fourth-order valence-electron chi connectivity index (χ4n) is 2.59. The predicted octanol–water partition coefficient (Wildman–Crippen LogP) is 3.00. The smallest absolute Gasteiger partial charge is 0.294 e. The molecule has 3 rings (SSSR count). The maximum Gasteiger partial charge on any atom is 0.294 e. The van der Waals surface area contributed by atoms with Crippen LogP contribution in [0, 0.1) is 0 Å². The van der Waals surface area contributed by atoms with Gasteiger partial charge in [-0.1, -0.05) is 23.7 Å². The molecule has 2 heterocycles. The number of rotatable bonds is 3. The minimum absolute atomic E-state index is 0.172. The molecule has 3 amide bonds. The number of thioether (sulfide) groups is 1. The van der Waals surface area contributed by atoms with Crippen LogP contribution in [0.15, 0.2) is 29.2 Å². The molecular formula is C16H15ClN2O3S. The first-order valence-electron chi connectivity index (χ1n) is 7.33. The van der Waals surface area contributed by atoms with Gasteiger partial charge in [-0.25, -0.2) is 0 Å². The predicted molar refractivity (Wildman–Crippen MR) is 89.9 cm³/mol. The highest BCUT2D eigenvalue weighted by Crippen LogP contribution is 2.32. The van der Waals surface area contributed by atoms with Crippen LogP contribution in [0.3, 0.4) is 0 Å². The Hall–Kier alpha value is -1.79. The third kappa shape index (κ3) is 3.59. The van der Waals surface area contributed by atoms with E-state index < -0.39 is 11.1 Å². The normalized spacial score (nSPS) is 20.0. The van der Waals surface area contributed by atoms with E-state index in [4.69, 9.17) is 11.6 Å². The summed E-state index contributed by atoms with van der Waals surface area (Å²) in [7, 11) is 0. The van der Waals surface area contributed by atoms with Gasteiger partial charge in [0.2, 0.25) is 5.91 Å². The quantitative estimate of drug-likeness (QED) is 0.786. The molecule has 0 aromatic heterocycles.